The Labute approximate surface area is 165 Å². The van der Waals surface area contributed by atoms with Gasteiger partial charge in [0.05, 0.1) is 5.69 Å². The van der Waals surface area contributed by atoms with Crippen molar-refractivity contribution >= 4 is 5.91 Å². The van der Waals surface area contributed by atoms with E-state index in [0.717, 1.165) is 54.6 Å². The first-order valence-corrected chi connectivity index (χ1v) is 9.86. The Hall–Kier alpha value is -3.08. The number of carbonyl (C=O) groups is 1. The van der Waals surface area contributed by atoms with Gasteiger partial charge in [0.1, 0.15) is 5.75 Å². The number of carbonyl (C=O) groups excluding carboxylic acids is 1. The van der Waals surface area contributed by atoms with Crippen LogP contribution in [0.3, 0.4) is 0 Å². The fourth-order valence-electron chi connectivity index (χ4n) is 3.76. The Morgan fingerprint density at radius 3 is 2.61 bits per heavy atom. The zero-order valence-electron chi connectivity index (χ0n) is 16.1. The molecule has 0 atom stereocenters. The molecule has 0 fully saturated rings. The summed E-state index contributed by atoms with van der Waals surface area (Å²) in [7, 11) is 0. The minimum Gasteiger partial charge on any atom is -0.508 e. The lowest BCUT2D eigenvalue weighted by Crippen LogP contribution is -2.26. The van der Waals surface area contributed by atoms with E-state index in [4.69, 9.17) is 0 Å². The molecule has 3 aromatic rings. The minimum absolute atomic E-state index is 0.0882. The standard InChI is InChI=1S/C23H25N3O2/c1-16-7-11-18(12-8-16)26-21-6-2-5-20(21)22(25-26)23(28)24-15-3-4-17-9-13-19(27)14-10-17/h7-14,27H,2-6,15H2,1H3,(H,24,28). The Balaban J connectivity index is 1.42. The van der Waals surface area contributed by atoms with E-state index in [1.165, 1.54) is 5.56 Å². The molecule has 0 spiro atoms. The predicted molar refractivity (Wildman–Crippen MR) is 109 cm³/mol. The van der Waals surface area contributed by atoms with Crippen LogP contribution in [0.2, 0.25) is 0 Å². The Bertz CT molecular complexity index is 972. The van der Waals surface area contributed by atoms with E-state index in [9.17, 15) is 9.90 Å². The summed E-state index contributed by atoms with van der Waals surface area (Å²) in [5.74, 6) is 0.185. The molecule has 2 aromatic carbocycles. The average molecular weight is 375 g/mol. The molecule has 1 aromatic heterocycles. The molecule has 5 nitrogen and oxygen atoms in total. The summed E-state index contributed by atoms with van der Waals surface area (Å²) < 4.78 is 1.94. The van der Waals surface area contributed by atoms with Crippen LogP contribution in [0.4, 0.5) is 0 Å². The number of aromatic nitrogens is 2. The topological polar surface area (TPSA) is 67.2 Å². The smallest absolute Gasteiger partial charge is 0.272 e. The minimum atomic E-state index is -0.0882. The van der Waals surface area contributed by atoms with E-state index in [-0.39, 0.29) is 11.7 Å². The first-order chi connectivity index (χ1) is 13.6. The van der Waals surface area contributed by atoms with Crippen LogP contribution in [0.5, 0.6) is 5.75 Å². The molecule has 1 amide bonds. The number of phenolic OH excluding ortho intramolecular Hbond substituents is 1. The summed E-state index contributed by atoms with van der Waals surface area (Å²) in [6, 6.07) is 15.5. The van der Waals surface area contributed by atoms with Gasteiger partial charge in [-0.3, -0.25) is 4.79 Å². The van der Waals surface area contributed by atoms with Crippen LogP contribution < -0.4 is 5.32 Å². The van der Waals surface area contributed by atoms with Crippen LogP contribution in [-0.2, 0) is 19.3 Å². The number of nitrogens with zero attached hydrogens (tertiary/aromatic N) is 2. The number of aromatic hydroxyl groups is 1. The van der Waals surface area contributed by atoms with Gasteiger partial charge in [-0.15, -0.1) is 0 Å². The second-order valence-electron chi connectivity index (χ2n) is 7.40. The van der Waals surface area contributed by atoms with Crippen molar-refractivity contribution in [1.82, 2.24) is 15.1 Å². The number of fused-ring (bicyclic) bond motifs is 1. The SMILES string of the molecule is Cc1ccc(-n2nc(C(=O)NCCCc3ccc(O)cc3)c3c2CCC3)cc1. The number of aryl methyl sites for hydroxylation is 2. The van der Waals surface area contributed by atoms with Crippen molar-refractivity contribution < 1.29 is 9.90 Å². The molecule has 0 unspecified atom stereocenters. The van der Waals surface area contributed by atoms with Crippen molar-refractivity contribution in [3.63, 3.8) is 0 Å². The van der Waals surface area contributed by atoms with Crippen molar-refractivity contribution in [2.45, 2.75) is 39.0 Å². The highest BCUT2D eigenvalue weighted by Crippen LogP contribution is 2.28. The lowest BCUT2D eigenvalue weighted by atomic mass is 10.1. The molecule has 0 aliphatic heterocycles. The van der Waals surface area contributed by atoms with Gasteiger partial charge in [-0.2, -0.15) is 5.10 Å². The molecule has 4 rings (SSSR count). The van der Waals surface area contributed by atoms with Gasteiger partial charge in [-0.25, -0.2) is 4.68 Å². The quantitative estimate of drug-likeness (QED) is 0.645. The molecule has 28 heavy (non-hydrogen) atoms. The molecular formula is C23H25N3O2. The van der Waals surface area contributed by atoms with Crippen LogP contribution in [0.1, 0.15) is 45.7 Å². The highest BCUT2D eigenvalue weighted by atomic mass is 16.3. The third-order valence-electron chi connectivity index (χ3n) is 5.29. The van der Waals surface area contributed by atoms with Gasteiger partial charge < -0.3 is 10.4 Å². The first-order valence-electron chi connectivity index (χ1n) is 9.86. The second-order valence-corrected chi connectivity index (χ2v) is 7.40. The number of hydrogen-bond acceptors (Lipinski definition) is 3. The first kappa shape index (κ1) is 18.3. The largest absolute Gasteiger partial charge is 0.508 e. The summed E-state index contributed by atoms with van der Waals surface area (Å²) in [5.41, 5.74) is 6.19. The van der Waals surface area contributed by atoms with Crippen molar-refractivity contribution in [3.8, 4) is 11.4 Å². The van der Waals surface area contributed by atoms with E-state index in [1.54, 1.807) is 12.1 Å². The fourth-order valence-corrected chi connectivity index (χ4v) is 3.76. The zero-order valence-corrected chi connectivity index (χ0v) is 16.1. The number of rotatable bonds is 6. The summed E-state index contributed by atoms with van der Waals surface area (Å²) in [5, 5.41) is 17.0. The number of phenols is 1. The Morgan fingerprint density at radius 2 is 1.86 bits per heavy atom. The van der Waals surface area contributed by atoms with Crippen molar-refractivity contribution in [3.05, 3.63) is 76.6 Å². The number of hydrogen-bond donors (Lipinski definition) is 2. The van der Waals surface area contributed by atoms with E-state index < -0.39 is 0 Å². The van der Waals surface area contributed by atoms with E-state index in [2.05, 4.69) is 41.6 Å². The van der Waals surface area contributed by atoms with Gasteiger partial charge in [0.25, 0.3) is 5.91 Å². The number of benzene rings is 2. The Kier molecular flexibility index (Phi) is 5.15. The predicted octanol–water partition coefficient (Wildman–Crippen LogP) is 3.74. The van der Waals surface area contributed by atoms with Crippen LogP contribution in [-0.4, -0.2) is 27.3 Å². The van der Waals surface area contributed by atoms with Crippen LogP contribution in [0, 0.1) is 6.92 Å². The maximum Gasteiger partial charge on any atom is 0.272 e. The highest BCUT2D eigenvalue weighted by Gasteiger charge is 2.26. The zero-order chi connectivity index (χ0) is 19.5. The van der Waals surface area contributed by atoms with Gasteiger partial charge >= 0.3 is 0 Å². The number of nitrogens with one attached hydrogen (secondary N) is 1. The molecule has 0 saturated heterocycles. The molecule has 1 aliphatic rings. The molecule has 2 N–H and O–H groups in total. The average Bonchev–Trinajstić information content (AvgIpc) is 3.30. The van der Waals surface area contributed by atoms with Gasteiger partial charge in [0.15, 0.2) is 5.69 Å². The summed E-state index contributed by atoms with van der Waals surface area (Å²) in [4.78, 5) is 12.7. The monoisotopic (exact) mass is 375 g/mol. The van der Waals surface area contributed by atoms with Crippen LogP contribution in [0.25, 0.3) is 5.69 Å². The van der Waals surface area contributed by atoms with Gasteiger partial charge in [-0.05, 0) is 68.9 Å². The third kappa shape index (κ3) is 3.79. The van der Waals surface area contributed by atoms with E-state index >= 15 is 0 Å². The van der Waals surface area contributed by atoms with Gasteiger partial charge in [-0.1, -0.05) is 29.8 Å². The van der Waals surface area contributed by atoms with E-state index in [1.807, 2.05) is 16.8 Å². The fraction of sp³-hybridized carbons (Fsp3) is 0.304. The highest BCUT2D eigenvalue weighted by molar-refractivity contribution is 5.94. The molecule has 5 heteroatoms. The normalized spacial score (nSPS) is 12.8. The summed E-state index contributed by atoms with van der Waals surface area (Å²) in [6.07, 6.45) is 4.65. The second kappa shape index (κ2) is 7.89. The lowest BCUT2D eigenvalue weighted by Gasteiger charge is -2.06. The molecule has 0 saturated carbocycles. The Morgan fingerprint density at radius 1 is 1.11 bits per heavy atom. The molecular weight excluding hydrogens is 350 g/mol. The van der Waals surface area contributed by atoms with Crippen LogP contribution >= 0.6 is 0 Å². The van der Waals surface area contributed by atoms with Gasteiger partial charge in [0.2, 0.25) is 0 Å². The molecule has 144 valence electrons. The van der Waals surface area contributed by atoms with E-state index in [0.29, 0.717) is 12.2 Å². The van der Waals surface area contributed by atoms with Crippen molar-refractivity contribution in [2.75, 3.05) is 6.54 Å². The summed E-state index contributed by atoms with van der Waals surface area (Å²) in [6.45, 7) is 2.67. The van der Waals surface area contributed by atoms with Crippen molar-refractivity contribution in [1.29, 1.82) is 0 Å². The molecule has 1 heterocycles. The molecule has 1 aliphatic carbocycles. The molecule has 0 radical (unpaired) electrons. The van der Waals surface area contributed by atoms with Crippen molar-refractivity contribution in [2.24, 2.45) is 0 Å². The van der Waals surface area contributed by atoms with Gasteiger partial charge in [0, 0.05) is 17.8 Å². The third-order valence-corrected chi connectivity index (χ3v) is 5.29. The maximum atomic E-state index is 12.7. The maximum absolute atomic E-state index is 12.7. The lowest BCUT2D eigenvalue weighted by molar-refractivity contribution is 0.0947. The number of amides is 1. The van der Waals surface area contributed by atoms with Crippen LogP contribution in [0.15, 0.2) is 48.5 Å². The molecule has 0 bridgehead atoms. The summed E-state index contributed by atoms with van der Waals surface area (Å²) >= 11 is 0.